The summed E-state index contributed by atoms with van der Waals surface area (Å²) in [6.07, 6.45) is 3.33. The molecule has 1 amide bonds. The van der Waals surface area contributed by atoms with Crippen molar-refractivity contribution in [2.75, 3.05) is 33.4 Å². The van der Waals surface area contributed by atoms with Crippen LogP contribution in [0.5, 0.6) is 0 Å². The number of nitrogens with zero attached hydrogens (tertiary/aromatic N) is 2. The molecule has 140 valence electrons. The molecule has 0 spiro atoms. The standard InChI is InChI=1S/C20H31ClN2O2/c1-16-14-22(15-17(2)23(16)12-7-13-25-3)20(24)11-6-9-18-8-4-5-10-19(18)21/h4-5,8,10,16-17H,6-7,9,11-15H2,1-3H3. The van der Waals surface area contributed by atoms with Crippen LogP contribution >= 0.6 is 11.6 Å². The Morgan fingerprint density at radius 2 is 1.88 bits per heavy atom. The van der Waals surface area contributed by atoms with Crippen LogP contribution in [0, 0.1) is 0 Å². The van der Waals surface area contributed by atoms with Gasteiger partial charge in [0, 0.05) is 56.9 Å². The number of carbonyl (C=O) groups excluding carboxylic acids is 1. The highest BCUT2D eigenvalue weighted by molar-refractivity contribution is 6.31. The largest absolute Gasteiger partial charge is 0.385 e. The van der Waals surface area contributed by atoms with Crippen molar-refractivity contribution in [3.05, 3.63) is 34.9 Å². The van der Waals surface area contributed by atoms with Crippen molar-refractivity contribution in [3.8, 4) is 0 Å². The normalized spacial score (nSPS) is 21.5. The van der Waals surface area contributed by atoms with Crippen LogP contribution in [0.2, 0.25) is 5.02 Å². The molecule has 2 unspecified atom stereocenters. The van der Waals surface area contributed by atoms with Gasteiger partial charge in [0.15, 0.2) is 0 Å². The Balaban J connectivity index is 1.78. The molecule has 1 saturated heterocycles. The van der Waals surface area contributed by atoms with Crippen LogP contribution in [0.3, 0.4) is 0 Å². The molecule has 1 aromatic rings. The molecule has 2 rings (SSSR count). The van der Waals surface area contributed by atoms with Crippen LogP contribution in [0.25, 0.3) is 0 Å². The van der Waals surface area contributed by atoms with Crippen molar-refractivity contribution < 1.29 is 9.53 Å². The molecule has 0 bridgehead atoms. The maximum Gasteiger partial charge on any atom is 0.222 e. The summed E-state index contributed by atoms with van der Waals surface area (Å²) >= 11 is 6.18. The van der Waals surface area contributed by atoms with E-state index in [0.29, 0.717) is 18.5 Å². The lowest BCUT2D eigenvalue weighted by Gasteiger charge is -2.44. The molecule has 1 heterocycles. The molecule has 2 atom stereocenters. The van der Waals surface area contributed by atoms with Crippen molar-refractivity contribution >= 4 is 17.5 Å². The summed E-state index contributed by atoms with van der Waals surface area (Å²) in [6, 6.07) is 8.67. The summed E-state index contributed by atoms with van der Waals surface area (Å²) in [5, 5.41) is 0.793. The molecule has 5 heteroatoms. The number of benzene rings is 1. The molecular weight excluding hydrogens is 336 g/mol. The first-order valence-electron chi connectivity index (χ1n) is 9.28. The molecule has 1 aliphatic heterocycles. The molecular formula is C20H31ClN2O2. The minimum absolute atomic E-state index is 0.266. The van der Waals surface area contributed by atoms with E-state index in [1.165, 1.54) is 0 Å². The van der Waals surface area contributed by atoms with E-state index in [1.54, 1.807) is 7.11 Å². The molecule has 0 radical (unpaired) electrons. The van der Waals surface area contributed by atoms with E-state index in [4.69, 9.17) is 16.3 Å². The highest BCUT2D eigenvalue weighted by Crippen LogP contribution is 2.20. The van der Waals surface area contributed by atoms with Gasteiger partial charge in [-0.15, -0.1) is 0 Å². The van der Waals surface area contributed by atoms with Gasteiger partial charge in [-0.3, -0.25) is 9.69 Å². The number of rotatable bonds is 8. The topological polar surface area (TPSA) is 32.8 Å². The van der Waals surface area contributed by atoms with Crippen molar-refractivity contribution in [2.45, 2.75) is 51.6 Å². The number of hydrogen-bond donors (Lipinski definition) is 0. The Bertz CT molecular complexity index is 540. The number of methoxy groups -OCH3 is 1. The fourth-order valence-electron chi connectivity index (χ4n) is 3.68. The van der Waals surface area contributed by atoms with Gasteiger partial charge in [-0.2, -0.15) is 0 Å². The fraction of sp³-hybridized carbons (Fsp3) is 0.650. The lowest BCUT2D eigenvalue weighted by molar-refractivity contribution is -0.135. The number of piperazine rings is 1. The zero-order valence-electron chi connectivity index (χ0n) is 15.7. The lowest BCUT2D eigenvalue weighted by atomic mass is 10.0. The first-order valence-corrected chi connectivity index (χ1v) is 9.66. The van der Waals surface area contributed by atoms with Gasteiger partial charge in [-0.1, -0.05) is 29.8 Å². The Hall–Kier alpha value is -1.10. The van der Waals surface area contributed by atoms with E-state index in [9.17, 15) is 4.79 Å². The van der Waals surface area contributed by atoms with Gasteiger partial charge in [-0.05, 0) is 44.7 Å². The predicted molar refractivity (Wildman–Crippen MR) is 103 cm³/mol. The van der Waals surface area contributed by atoms with Gasteiger partial charge >= 0.3 is 0 Å². The van der Waals surface area contributed by atoms with Crippen LogP contribution < -0.4 is 0 Å². The molecule has 0 N–H and O–H groups in total. The Kier molecular flexibility index (Phi) is 8.20. The number of amides is 1. The summed E-state index contributed by atoms with van der Waals surface area (Å²) in [7, 11) is 1.74. The molecule has 1 aromatic carbocycles. The Morgan fingerprint density at radius 3 is 2.52 bits per heavy atom. The smallest absolute Gasteiger partial charge is 0.222 e. The van der Waals surface area contributed by atoms with E-state index in [2.05, 4.69) is 18.7 Å². The number of carbonyl (C=O) groups is 1. The number of halogens is 1. The minimum atomic E-state index is 0.266. The molecule has 0 aliphatic carbocycles. The number of aryl methyl sites for hydroxylation is 1. The first kappa shape index (κ1) is 20.2. The van der Waals surface area contributed by atoms with Gasteiger partial charge in [0.25, 0.3) is 0 Å². The number of ether oxygens (including phenoxy) is 1. The maximum atomic E-state index is 12.6. The summed E-state index contributed by atoms with van der Waals surface area (Å²) in [5.74, 6) is 0.266. The molecule has 25 heavy (non-hydrogen) atoms. The van der Waals surface area contributed by atoms with E-state index in [0.717, 1.165) is 56.1 Å². The van der Waals surface area contributed by atoms with Gasteiger partial charge in [-0.25, -0.2) is 0 Å². The SMILES string of the molecule is COCCCN1C(C)CN(C(=O)CCCc2ccccc2Cl)CC1C. The van der Waals surface area contributed by atoms with Gasteiger partial charge in [0.05, 0.1) is 0 Å². The lowest BCUT2D eigenvalue weighted by Crippen LogP contribution is -2.58. The Morgan fingerprint density at radius 1 is 1.20 bits per heavy atom. The second-order valence-corrected chi connectivity index (χ2v) is 7.43. The second kappa shape index (κ2) is 10.1. The minimum Gasteiger partial charge on any atom is -0.385 e. The van der Waals surface area contributed by atoms with Crippen LogP contribution in [-0.4, -0.2) is 61.1 Å². The summed E-state index contributed by atoms with van der Waals surface area (Å²) < 4.78 is 5.15. The fourth-order valence-corrected chi connectivity index (χ4v) is 3.91. The zero-order chi connectivity index (χ0) is 18.2. The van der Waals surface area contributed by atoms with Gasteiger partial charge in [0.1, 0.15) is 0 Å². The van der Waals surface area contributed by atoms with E-state index >= 15 is 0 Å². The molecule has 1 fully saturated rings. The first-order chi connectivity index (χ1) is 12.0. The van der Waals surface area contributed by atoms with Crippen LogP contribution in [-0.2, 0) is 16.0 Å². The molecule has 1 aliphatic rings. The summed E-state index contributed by atoms with van der Waals surface area (Å²) in [6.45, 7) is 7.90. The van der Waals surface area contributed by atoms with E-state index in [1.807, 2.05) is 29.2 Å². The summed E-state index contributed by atoms with van der Waals surface area (Å²) in [4.78, 5) is 17.1. The quantitative estimate of drug-likeness (QED) is 0.659. The predicted octanol–water partition coefficient (Wildman–Crippen LogP) is 3.62. The van der Waals surface area contributed by atoms with Crippen LogP contribution in [0.1, 0.15) is 38.7 Å². The highest BCUT2D eigenvalue weighted by atomic mass is 35.5. The third-order valence-electron chi connectivity index (χ3n) is 5.01. The summed E-state index contributed by atoms with van der Waals surface area (Å²) in [5.41, 5.74) is 1.13. The number of hydrogen-bond acceptors (Lipinski definition) is 3. The maximum absolute atomic E-state index is 12.6. The van der Waals surface area contributed by atoms with Crippen molar-refractivity contribution in [1.82, 2.24) is 9.80 Å². The van der Waals surface area contributed by atoms with Crippen LogP contribution in [0.15, 0.2) is 24.3 Å². The average Bonchev–Trinajstić information content (AvgIpc) is 2.58. The second-order valence-electron chi connectivity index (χ2n) is 7.03. The zero-order valence-corrected chi connectivity index (χ0v) is 16.5. The van der Waals surface area contributed by atoms with E-state index < -0.39 is 0 Å². The Labute approximate surface area is 157 Å². The van der Waals surface area contributed by atoms with Crippen molar-refractivity contribution in [2.24, 2.45) is 0 Å². The molecule has 4 nitrogen and oxygen atoms in total. The van der Waals surface area contributed by atoms with Gasteiger partial charge in [0.2, 0.25) is 5.91 Å². The van der Waals surface area contributed by atoms with Crippen molar-refractivity contribution in [1.29, 1.82) is 0 Å². The van der Waals surface area contributed by atoms with Gasteiger partial charge < -0.3 is 9.64 Å². The monoisotopic (exact) mass is 366 g/mol. The molecule has 0 aromatic heterocycles. The van der Waals surface area contributed by atoms with Crippen LogP contribution in [0.4, 0.5) is 0 Å². The molecule has 0 saturated carbocycles. The van der Waals surface area contributed by atoms with E-state index in [-0.39, 0.29) is 5.91 Å². The third kappa shape index (κ3) is 5.98. The van der Waals surface area contributed by atoms with Crippen molar-refractivity contribution in [3.63, 3.8) is 0 Å². The highest BCUT2D eigenvalue weighted by Gasteiger charge is 2.30. The third-order valence-corrected chi connectivity index (χ3v) is 5.38. The average molecular weight is 367 g/mol.